The maximum Gasteiger partial charge on any atom is 0.285 e. The summed E-state index contributed by atoms with van der Waals surface area (Å²) in [6.07, 6.45) is 6.31. The minimum absolute atomic E-state index is 0.109. The lowest BCUT2D eigenvalue weighted by molar-refractivity contribution is 0.0563. The van der Waals surface area contributed by atoms with E-state index in [4.69, 9.17) is 21.7 Å². The Balaban J connectivity index is 4.79. The second-order valence-electron chi connectivity index (χ2n) is 4.07. The summed E-state index contributed by atoms with van der Waals surface area (Å²) in [7, 11) is 0. The second kappa shape index (κ2) is 9.77. The highest BCUT2D eigenvalue weighted by Crippen LogP contribution is 2.21. The summed E-state index contributed by atoms with van der Waals surface area (Å²) in [6.45, 7) is 8.31. The van der Waals surface area contributed by atoms with E-state index in [0.29, 0.717) is 10.3 Å². The maximum absolute atomic E-state index is 5.73. The third-order valence-corrected chi connectivity index (χ3v) is 3.23. The molecule has 100 valence electrons. The minimum Gasteiger partial charge on any atom is -0.462 e. The number of ether oxygens (including phenoxy) is 2. The molecule has 0 aliphatic carbocycles. The smallest absolute Gasteiger partial charge is 0.285 e. The molecule has 0 heterocycles. The molecule has 0 saturated heterocycles. The van der Waals surface area contributed by atoms with Gasteiger partial charge >= 0.3 is 0 Å². The van der Waals surface area contributed by atoms with Gasteiger partial charge in [0, 0.05) is 5.57 Å². The van der Waals surface area contributed by atoms with Crippen molar-refractivity contribution in [1.82, 2.24) is 0 Å². The molecule has 0 aromatic heterocycles. The van der Waals surface area contributed by atoms with E-state index in [1.54, 1.807) is 0 Å². The quantitative estimate of drug-likeness (QED) is 0.486. The maximum atomic E-state index is 5.73. The molecule has 17 heavy (non-hydrogen) atoms. The van der Waals surface area contributed by atoms with E-state index in [9.17, 15) is 0 Å². The van der Waals surface area contributed by atoms with Crippen molar-refractivity contribution in [2.45, 2.75) is 59.5 Å². The van der Waals surface area contributed by atoms with Gasteiger partial charge in [0.2, 0.25) is 4.38 Å². The zero-order valence-corrected chi connectivity index (χ0v) is 13.2. The Morgan fingerprint density at radius 3 is 2.35 bits per heavy atom. The van der Waals surface area contributed by atoms with Gasteiger partial charge < -0.3 is 9.47 Å². The van der Waals surface area contributed by atoms with Gasteiger partial charge in [-0.3, -0.25) is 0 Å². The SMILES string of the molecule is CCCC/C(CC)=C(/OC(=S)SC)OC(C)C. The molecule has 2 nitrogen and oxygen atoms in total. The fourth-order valence-electron chi connectivity index (χ4n) is 1.32. The van der Waals surface area contributed by atoms with Crippen LogP contribution < -0.4 is 0 Å². The van der Waals surface area contributed by atoms with Crippen LogP contribution in [0.1, 0.15) is 53.4 Å². The van der Waals surface area contributed by atoms with Gasteiger partial charge in [0.25, 0.3) is 5.95 Å². The number of allylic oxidation sites excluding steroid dienone is 1. The number of unbranched alkanes of at least 4 members (excludes halogenated alkanes) is 1. The summed E-state index contributed by atoms with van der Waals surface area (Å²) < 4.78 is 11.9. The number of thioether (sulfide) groups is 1. The van der Waals surface area contributed by atoms with Crippen molar-refractivity contribution in [2.75, 3.05) is 6.26 Å². The fourth-order valence-corrected chi connectivity index (χ4v) is 1.56. The Morgan fingerprint density at radius 2 is 1.94 bits per heavy atom. The Morgan fingerprint density at radius 1 is 1.29 bits per heavy atom. The van der Waals surface area contributed by atoms with Crippen LogP contribution in [0, 0.1) is 0 Å². The molecule has 4 heteroatoms. The van der Waals surface area contributed by atoms with Crippen molar-refractivity contribution in [3.8, 4) is 0 Å². The monoisotopic (exact) mass is 276 g/mol. The third-order valence-electron chi connectivity index (χ3n) is 2.23. The first-order valence-corrected chi connectivity index (χ1v) is 7.82. The van der Waals surface area contributed by atoms with Crippen molar-refractivity contribution in [2.24, 2.45) is 0 Å². The lowest BCUT2D eigenvalue weighted by Gasteiger charge is -2.18. The first-order chi connectivity index (χ1) is 8.04. The second-order valence-corrected chi connectivity index (χ2v) is 5.48. The molecule has 0 rings (SSSR count). The molecule has 0 N–H and O–H groups in total. The average molecular weight is 276 g/mol. The Hall–Kier alpha value is -0.220. The Kier molecular flexibility index (Phi) is 9.65. The van der Waals surface area contributed by atoms with Gasteiger partial charge in [-0.1, -0.05) is 32.0 Å². The molecule has 0 saturated carbocycles. The zero-order valence-electron chi connectivity index (χ0n) is 11.5. The van der Waals surface area contributed by atoms with Crippen molar-refractivity contribution in [3.05, 3.63) is 11.5 Å². The van der Waals surface area contributed by atoms with E-state index in [2.05, 4.69) is 13.8 Å². The molecule has 0 radical (unpaired) electrons. The van der Waals surface area contributed by atoms with E-state index < -0.39 is 0 Å². The molecule has 0 atom stereocenters. The van der Waals surface area contributed by atoms with Crippen molar-refractivity contribution in [3.63, 3.8) is 0 Å². The molecule has 0 aromatic rings. The highest BCUT2D eigenvalue weighted by molar-refractivity contribution is 8.22. The number of hydrogen-bond donors (Lipinski definition) is 0. The molecular formula is C13H24O2S2. The highest BCUT2D eigenvalue weighted by Gasteiger charge is 2.12. The van der Waals surface area contributed by atoms with Crippen molar-refractivity contribution >= 4 is 28.4 Å². The average Bonchev–Trinajstić information content (AvgIpc) is 2.28. The van der Waals surface area contributed by atoms with Crippen LogP contribution in [0.15, 0.2) is 11.5 Å². The van der Waals surface area contributed by atoms with E-state index in [1.165, 1.54) is 23.8 Å². The van der Waals surface area contributed by atoms with Gasteiger partial charge in [0.15, 0.2) is 0 Å². The number of thiocarbonyl (C=S) groups is 1. The first kappa shape index (κ1) is 16.8. The van der Waals surface area contributed by atoms with E-state index in [1.807, 2.05) is 20.1 Å². The molecule has 0 aliphatic rings. The fraction of sp³-hybridized carbons (Fsp3) is 0.769. The van der Waals surface area contributed by atoms with Crippen LogP contribution in [0.2, 0.25) is 0 Å². The Bertz CT molecular complexity index is 260. The lowest BCUT2D eigenvalue weighted by Crippen LogP contribution is -2.10. The van der Waals surface area contributed by atoms with Crippen LogP contribution in [-0.2, 0) is 9.47 Å². The predicted octanol–water partition coefficient (Wildman–Crippen LogP) is 4.89. The summed E-state index contributed by atoms with van der Waals surface area (Å²) in [4.78, 5) is 0. The summed E-state index contributed by atoms with van der Waals surface area (Å²) in [6, 6.07) is 0. The first-order valence-electron chi connectivity index (χ1n) is 6.19. The van der Waals surface area contributed by atoms with E-state index in [0.717, 1.165) is 19.3 Å². The lowest BCUT2D eigenvalue weighted by atomic mass is 10.1. The summed E-state index contributed by atoms with van der Waals surface area (Å²) in [5.41, 5.74) is 1.22. The van der Waals surface area contributed by atoms with Gasteiger partial charge in [-0.25, -0.2) is 0 Å². The van der Waals surface area contributed by atoms with Crippen LogP contribution in [0.4, 0.5) is 0 Å². The number of hydrogen-bond acceptors (Lipinski definition) is 4. The molecule has 0 bridgehead atoms. The summed E-state index contributed by atoms with van der Waals surface area (Å²) in [5, 5.41) is 0. The largest absolute Gasteiger partial charge is 0.462 e. The van der Waals surface area contributed by atoms with Crippen LogP contribution in [-0.4, -0.2) is 16.7 Å². The van der Waals surface area contributed by atoms with Crippen molar-refractivity contribution in [1.29, 1.82) is 0 Å². The highest BCUT2D eigenvalue weighted by atomic mass is 32.2. The molecular weight excluding hydrogens is 252 g/mol. The minimum atomic E-state index is 0.109. The number of rotatable bonds is 7. The van der Waals surface area contributed by atoms with Crippen LogP contribution in [0.3, 0.4) is 0 Å². The summed E-state index contributed by atoms with van der Waals surface area (Å²) in [5.74, 6) is 0.621. The molecule has 0 aromatic carbocycles. The summed E-state index contributed by atoms with van der Waals surface area (Å²) >= 11 is 6.52. The topological polar surface area (TPSA) is 18.5 Å². The van der Waals surface area contributed by atoms with Gasteiger partial charge in [0.05, 0.1) is 6.10 Å². The van der Waals surface area contributed by atoms with Crippen LogP contribution >= 0.6 is 24.0 Å². The molecule has 0 amide bonds. The normalized spacial score (nSPS) is 12.4. The van der Waals surface area contributed by atoms with E-state index in [-0.39, 0.29) is 6.10 Å². The molecule has 0 fully saturated rings. The molecule has 0 spiro atoms. The molecule has 0 unspecified atom stereocenters. The van der Waals surface area contributed by atoms with Crippen molar-refractivity contribution < 1.29 is 9.47 Å². The van der Waals surface area contributed by atoms with Crippen LogP contribution in [0.5, 0.6) is 0 Å². The standard InChI is InChI=1S/C13H24O2S2/c1-6-8-9-11(7-2)12(14-10(3)4)15-13(16)17-5/h10H,6-9H2,1-5H3/b12-11+. The van der Waals surface area contributed by atoms with Crippen LogP contribution in [0.25, 0.3) is 0 Å². The third kappa shape index (κ3) is 7.66. The van der Waals surface area contributed by atoms with Gasteiger partial charge in [-0.05, 0) is 51.6 Å². The predicted molar refractivity (Wildman–Crippen MR) is 80.3 cm³/mol. The van der Waals surface area contributed by atoms with E-state index >= 15 is 0 Å². The molecule has 0 aliphatic heterocycles. The zero-order chi connectivity index (χ0) is 13.3. The van der Waals surface area contributed by atoms with Gasteiger partial charge in [0.1, 0.15) is 0 Å². The van der Waals surface area contributed by atoms with Gasteiger partial charge in [-0.2, -0.15) is 0 Å². The Labute approximate surface area is 115 Å². The van der Waals surface area contributed by atoms with Gasteiger partial charge in [-0.15, -0.1) is 0 Å².